The highest BCUT2D eigenvalue weighted by Crippen LogP contribution is 2.34. The minimum atomic E-state index is -0.182. The van der Waals surface area contributed by atoms with Crippen LogP contribution in [0.2, 0.25) is 0 Å². The number of amides is 1. The van der Waals surface area contributed by atoms with Crippen molar-refractivity contribution in [1.82, 2.24) is 24.8 Å². The van der Waals surface area contributed by atoms with Crippen molar-refractivity contribution in [3.63, 3.8) is 0 Å². The molecule has 3 aromatic rings. The van der Waals surface area contributed by atoms with Crippen LogP contribution in [0.25, 0.3) is 5.82 Å². The summed E-state index contributed by atoms with van der Waals surface area (Å²) in [6.45, 7) is 6.31. The number of nitrogens with zero attached hydrogens (tertiary/aromatic N) is 4. The lowest BCUT2D eigenvalue weighted by molar-refractivity contribution is -0.120. The van der Waals surface area contributed by atoms with Crippen LogP contribution < -0.4 is 20.1 Å². The first-order valence-electron chi connectivity index (χ1n) is 9.79. The minimum Gasteiger partial charge on any atom is -0.454 e. The summed E-state index contributed by atoms with van der Waals surface area (Å²) in [5, 5.41) is 6.00. The Labute approximate surface area is 174 Å². The summed E-state index contributed by atoms with van der Waals surface area (Å²) < 4.78 is 12.5. The number of imidazole rings is 1. The molecule has 9 nitrogen and oxygen atoms in total. The largest absolute Gasteiger partial charge is 0.454 e. The smallest absolute Gasteiger partial charge is 0.239 e. The van der Waals surface area contributed by atoms with Gasteiger partial charge in [0.15, 0.2) is 11.5 Å². The molecule has 9 heteroatoms. The van der Waals surface area contributed by atoms with Crippen molar-refractivity contribution in [3.8, 4) is 17.3 Å². The summed E-state index contributed by atoms with van der Waals surface area (Å²) >= 11 is 0. The zero-order valence-electron chi connectivity index (χ0n) is 17.1. The number of ether oxygens (including phenoxy) is 2. The van der Waals surface area contributed by atoms with Gasteiger partial charge in [-0.15, -0.1) is 0 Å². The van der Waals surface area contributed by atoms with E-state index in [1.54, 1.807) is 17.1 Å². The predicted octanol–water partition coefficient (Wildman–Crippen LogP) is 2.80. The number of hydrogen-bond acceptors (Lipinski definition) is 7. The molecule has 30 heavy (non-hydrogen) atoms. The Morgan fingerprint density at radius 1 is 1.17 bits per heavy atom. The van der Waals surface area contributed by atoms with Gasteiger partial charge in [-0.25, -0.2) is 9.97 Å². The molecule has 1 aromatic carbocycles. The molecule has 0 spiro atoms. The van der Waals surface area contributed by atoms with E-state index in [9.17, 15) is 4.79 Å². The van der Waals surface area contributed by atoms with E-state index in [1.807, 2.05) is 37.4 Å². The topological polar surface area (TPSA) is 103 Å². The maximum Gasteiger partial charge on any atom is 0.239 e. The zero-order valence-corrected chi connectivity index (χ0v) is 17.1. The summed E-state index contributed by atoms with van der Waals surface area (Å²) in [6, 6.07) is 7.38. The Hall–Kier alpha value is -3.62. The third-order valence-corrected chi connectivity index (χ3v) is 4.77. The zero-order chi connectivity index (χ0) is 21.1. The third kappa shape index (κ3) is 4.35. The maximum atomic E-state index is 12.5. The van der Waals surface area contributed by atoms with Gasteiger partial charge in [0.2, 0.25) is 18.6 Å². The molecule has 1 atom stereocenters. The number of benzene rings is 1. The van der Waals surface area contributed by atoms with Gasteiger partial charge in [0, 0.05) is 18.5 Å². The Morgan fingerprint density at radius 2 is 2.00 bits per heavy atom. The van der Waals surface area contributed by atoms with Crippen LogP contribution >= 0.6 is 0 Å². The lowest BCUT2D eigenvalue weighted by atomic mass is 10.1. The summed E-state index contributed by atoms with van der Waals surface area (Å²) in [7, 11) is 0. The van der Waals surface area contributed by atoms with Crippen molar-refractivity contribution >= 4 is 11.9 Å². The Kier molecular flexibility index (Phi) is 5.51. The van der Waals surface area contributed by atoms with Gasteiger partial charge < -0.3 is 20.1 Å². The molecule has 2 aromatic heterocycles. The molecule has 0 fully saturated rings. The van der Waals surface area contributed by atoms with Crippen molar-refractivity contribution in [2.24, 2.45) is 0 Å². The fraction of sp³-hybridized carbons (Fsp3) is 0.333. The molecular weight excluding hydrogens is 384 g/mol. The highest BCUT2D eigenvalue weighted by Gasteiger charge is 2.17. The van der Waals surface area contributed by atoms with E-state index < -0.39 is 0 Å². The summed E-state index contributed by atoms with van der Waals surface area (Å²) in [4.78, 5) is 25.5. The van der Waals surface area contributed by atoms with Crippen LogP contribution in [0.4, 0.5) is 5.95 Å². The fourth-order valence-electron chi connectivity index (χ4n) is 3.07. The molecule has 0 bridgehead atoms. The molecule has 156 valence electrons. The molecule has 0 radical (unpaired) electrons. The van der Waals surface area contributed by atoms with Gasteiger partial charge in [-0.1, -0.05) is 19.9 Å². The van der Waals surface area contributed by atoms with Crippen LogP contribution in [0.1, 0.15) is 44.0 Å². The fourth-order valence-corrected chi connectivity index (χ4v) is 3.07. The van der Waals surface area contributed by atoms with Gasteiger partial charge in [0.1, 0.15) is 12.1 Å². The number of nitrogens with one attached hydrogen (secondary N) is 2. The van der Waals surface area contributed by atoms with Gasteiger partial charge in [-0.2, -0.15) is 4.98 Å². The van der Waals surface area contributed by atoms with Gasteiger partial charge in [0.25, 0.3) is 0 Å². The standard InChI is InChI=1S/C21H24N6O3/c1-13(2)16-9-19(27-7-6-22-11-27)26-21(25-16)23-10-20(28)24-14(3)15-4-5-17-18(8-15)30-12-29-17/h4-9,11,13-14H,10,12H2,1-3H3,(H,24,28)(H,23,25,26). The van der Waals surface area contributed by atoms with Gasteiger partial charge in [-0.3, -0.25) is 9.36 Å². The molecule has 0 saturated carbocycles. The second-order valence-corrected chi connectivity index (χ2v) is 7.35. The number of carbonyl (C=O) groups excluding carboxylic acids is 1. The van der Waals surface area contributed by atoms with Crippen molar-refractivity contribution < 1.29 is 14.3 Å². The second-order valence-electron chi connectivity index (χ2n) is 7.35. The quantitative estimate of drug-likeness (QED) is 0.620. The first kappa shape index (κ1) is 19.7. The van der Waals surface area contributed by atoms with E-state index in [-0.39, 0.29) is 31.2 Å². The highest BCUT2D eigenvalue weighted by molar-refractivity contribution is 5.80. The van der Waals surface area contributed by atoms with Crippen molar-refractivity contribution in [2.75, 3.05) is 18.7 Å². The van der Waals surface area contributed by atoms with Crippen LogP contribution in [0.15, 0.2) is 43.0 Å². The molecular formula is C21H24N6O3. The summed E-state index contributed by atoms with van der Waals surface area (Å²) in [6.07, 6.45) is 5.18. The van der Waals surface area contributed by atoms with Crippen LogP contribution in [-0.4, -0.2) is 38.8 Å². The monoisotopic (exact) mass is 408 g/mol. The van der Waals surface area contributed by atoms with Crippen molar-refractivity contribution in [2.45, 2.75) is 32.7 Å². The molecule has 1 aliphatic rings. The highest BCUT2D eigenvalue weighted by atomic mass is 16.7. The van der Waals surface area contributed by atoms with E-state index in [4.69, 9.17) is 9.47 Å². The van der Waals surface area contributed by atoms with E-state index in [0.29, 0.717) is 17.5 Å². The molecule has 1 unspecified atom stereocenters. The lowest BCUT2D eigenvalue weighted by Crippen LogP contribution is -2.32. The van der Waals surface area contributed by atoms with E-state index in [1.165, 1.54) is 0 Å². The summed E-state index contributed by atoms with van der Waals surface area (Å²) in [5.74, 6) is 2.56. The van der Waals surface area contributed by atoms with Gasteiger partial charge in [0.05, 0.1) is 18.3 Å². The average Bonchev–Trinajstić information content (AvgIpc) is 3.43. The Bertz CT molecular complexity index is 1040. The van der Waals surface area contributed by atoms with Crippen molar-refractivity contribution in [3.05, 3.63) is 54.2 Å². The summed E-state index contributed by atoms with van der Waals surface area (Å²) in [5.41, 5.74) is 1.82. The molecule has 1 amide bonds. The van der Waals surface area contributed by atoms with Crippen molar-refractivity contribution in [1.29, 1.82) is 0 Å². The van der Waals surface area contributed by atoms with Gasteiger partial charge in [-0.05, 0) is 30.5 Å². The number of hydrogen-bond donors (Lipinski definition) is 2. The molecule has 4 rings (SSSR count). The lowest BCUT2D eigenvalue weighted by Gasteiger charge is -2.16. The molecule has 3 heterocycles. The van der Waals surface area contributed by atoms with E-state index >= 15 is 0 Å². The molecule has 0 aliphatic carbocycles. The number of aromatic nitrogens is 4. The first-order chi connectivity index (χ1) is 14.5. The molecule has 2 N–H and O–H groups in total. The molecule has 1 aliphatic heterocycles. The number of carbonyl (C=O) groups is 1. The number of fused-ring (bicyclic) bond motifs is 1. The van der Waals surface area contributed by atoms with Crippen LogP contribution in [0.3, 0.4) is 0 Å². The van der Waals surface area contributed by atoms with Crippen LogP contribution in [0.5, 0.6) is 11.5 Å². The predicted molar refractivity (Wildman–Crippen MR) is 111 cm³/mol. The Balaban J connectivity index is 1.41. The van der Waals surface area contributed by atoms with Gasteiger partial charge >= 0.3 is 0 Å². The number of anilines is 1. The van der Waals surface area contributed by atoms with E-state index in [2.05, 4.69) is 39.4 Å². The Morgan fingerprint density at radius 3 is 2.77 bits per heavy atom. The minimum absolute atomic E-state index is 0.0554. The SMILES string of the molecule is CC(C)c1cc(-n2ccnc2)nc(NCC(=O)NC(C)c2ccc3c(c2)OCO3)n1. The second kappa shape index (κ2) is 8.40. The normalized spacial score (nSPS) is 13.3. The van der Waals surface area contributed by atoms with Crippen LogP contribution in [0, 0.1) is 0 Å². The van der Waals surface area contributed by atoms with E-state index in [0.717, 1.165) is 17.0 Å². The number of rotatable bonds is 7. The molecule has 0 saturated heterocycles. The average molecular weight is 408 g/mol. The maximum absolute atomic E-state index is 12.5. The third-order valence-electron chi connectivity index (χ3n) is 4.77. The first-order valence-corrected chi connectivity index (χ1v) is 9.79. The van der Waals surface area contributed by atoms with Crippen LogP contribution in [-0.2, 0) is 4.79 Å².